The van der Waals surface area contributed by atoms with Crippen molar-refractivity contribution in [1.29, 1.82) is 0 Å². The highest BCUT2D eigenvalue weighted by Gasteiger charge is 2.29. The van der Waals surface area contributed by atoms with Crippen LogP contribution in [0, 0.1) is 0 Å². The predicted molar refractivity (Wildman–Crippen MR) is 97.3 cm³/mol. The molecule has 0 atom stereocenters. The van der Waals surface area contributed by atoms with Crippen molar-refractivity contribution >= 4 is 0 Å². The maximum absolute atomic E-state index is 9.39. The number of hydrogen-bond donors (Lipinski definition) is 1. The Hall–Kier alpha value is -2.50. The van der Waals surface area contributed by atoms with E-state index in [1.807, 2.05) is 35.0 Å². The van der Waals surface area contributed by atoms with Crippen LogP contribution in [0.3, 0.4) is 0 Å². The van der Waals surface area contributed by atoms with Gasteiger partial charge in [0.25, 0.3) is 0 Å². The molecule has 1 fully saturated rings. The van der Waals surface area contributed by atoms with E-state index >= 15 is 0 Å². The maximum Gasteiger partial charge on any atom is 0.0973 e. The molecule has 0 unspecified atom stereocenters. The molecule has 5 nitrogen and oxygen atoms in total. The molecule has 1 aromatic carbocycles. The molecule has 25 heavy (non-hydrogen) atoms. The van der Waals surface area contributed by atoms with Gasteiger partial charge in [-0.2, -0.15) is 5.10 Å². The summed E-state index contributed by atoms with van der Waals surface area (Å²) in [7, 11) is 0. The van der Waals surface area contributed by atoms with E-state index < -0.39 is 0 Å². The largest absolute Gasteiger partial charge is 0.395 e. The standard InChI is InChI=1S/C20H22N4O/c25-13-12-23(18-6-7-18)14-17-15-24(19-4-2-1-3-5-19)22-20(17)16-8-10-21-11-9-16/h1-5,8-11,15,18,25H,6-7,12-14H2. The number of aromatic nitrogens is 3. The van der Waals surface area contributed by atoms with Gasteiger partial charge in [0.15, 0.2) is 0 Å². The Bertz CT molecular complexity index is 812. The van der Waals surface area contributed by atoms with E-state index in [4.69, 9.17) is 5.10 Å². The first-order valence-corrected chi connectivity index (χ1v) is 8.74. The first-order valence-electron chi connectivity index (χ1n) is 8.74. The molecule has 0 saturated heterocycles. The second kappa shape index (κ2) is 7.17. The van der Waals surface area contributed by atoms with Crippen LogP contribution < -0.4 is 0 Å². The van der Waals surface area contributed by atoms with Crippen molar-refractivity contribution in [2.75, 3.05) is 13.2 Å². The minimum atomic E-state index is 0.188. The third-order valence-electron chi connectivity index (χ3n) is 4.59. The van der Waals surface area contributed by atoms with E-state index in [1.54, 1.807) is 12.4 Å². The number of para-hydroxylation sites is 1. The van der Waals surface area contributed by atoms with Crippen LogP contribution in [-0.4, -0.2) is 44.0 Å². The molecular weight excluding hydrogens is 312 g/mol. The molecule has 1 aliphatic carbocycles. The molecule has 0 amide bonds. The van der Waals surface area contributed by atoms with Crippen molar-refractivity contribution in [2.24, 2.45) is 0 Å². The van der Waals surface area contributed by atoms with E-state index in [1.165, 1.54) is 18.4 Å². The third kappa shape index (κ3) is 3.62. The van der Waals surface area contributed by atoms with E-state index in [0.717, 1.165) is 23.5 Å². The van der Waals surface area contributed by atoms with Crippen LogP contribution in [-0.2, 0) is 6.54 Å². The fourth-order valence-electron chi connectivity index (χ4n) is 3.17. The van der Waals surface area contributed by atoms with Gasteiger partial charge in [0, 0.05) is 48.8 Å². The Labute approximate surface area is 147 Å². The molecule has 2 heterocycles. The van der Waals surface area contributed by atoms with Gasteiger partial charge in [0.2, 0.25) is 0 Å². The molecule has 0 aliphatic heterocycles. The molecule has 2 aromatic heterocycles. The summed E-state index contributed by atoms with van der Waals surface area (Å²) in [5.74, 6) is 0. The highest BCUT2D eigenvalue weighted by atomic mass is 16.3. The van der Waals surface area contributed by atoms with Gasteiger partial charge in [-0.3, -0.25) is 9.88 Å². The number of hydrogen-bond acceptors (Lipinski definition) is 4. The summed E-state index contributed by atoms with van der Waals surface area (Å²) in [6.07, 6.45) is 8.15. The Morgan fingerprint density at radius 2 is 1.84 bits per heavy atom. The monoisotopic (exact) mass is 334 g/mol. The summed E-state index contributed by atoms with van der Waals surface area (Å²) < 4.78 is 1.94. The van der Waals surface area contributed by atoms with Crippen LogP contribution in [0.25, 0.3) is 16.9 Å². The van der Waals surface area contributed by atoms with Crippen molar-refractivity contribution in [3.63, 3.8) is 0 Å². The Balaban J connectivity index is 1.71. The zero-order valence-corrected chi connectivity index (χ0v) is 14.1. The number of rotatable bonds is 7. The summed E-state index contributed by atoms with van der Waals surface area (Å²) in [5, 5.41) is 14.2. The van der Waals surface area contributed by atoms with Crippen LogP contribution in [0.2, 0.25) is 0 Å². The molecular formula is C20H22N4O. The number of nitrogens with zero attached hydrogens (tertiary/aromatic N) is 4. The minimum absolute atomic E-state index is 0.188. The molecule has 1 saturated carbocycles. The molecule has 0 spiro atoms. The normalized spacial score (nSPS) is 14.2. The summed E-state index contributed by atoms with van der Waals surface area (Å²) in [5.41, 5.74) is 4.27. The van der Waals surface area contributed by atoms with Gasteiger partial charge < -0.3 is 5.11 Å². The Morgan fingerprint density at radius 3 is 2.52 bits per heavy atom. The Morgan fingerprint density at radius 1 is 1.08 bits per heavy atom. The van der Waals surface area contributed by atoms with Gasteiger partial charge in [-0.1, -0.05) is 18.2 Å². The van der Waals surface area contributed by atoms with E-state index in [-0.39, 0.29) is 6.61 Å². The van der Waals surface area contributed by atoms with Gasteiger partial charge in [-0.15, -0.1) is 0 Å². The van der Waals surface area contributed by atoms with Crippen molar-refractivity contribution < 1.29 is 5.11 Å². The highest BCUT2D eigenvalue weighted by Crippen LogP contribution is 2.31. The average Bonchev–Trinajstić information content (AvgIpc) is 3.43. The minimum Gasteiger partial charge on any atom is -0.395 e. The topological polar surface area (TPSA) is 54.2 Å². The SMILES string of the molecule is OCCN(Cc1cn(-c2ccccc2)nc1-c1ccncc1)C1CC1. The van der Waals surface area contributed by atoms with Crippen molar-refractivity contribution in [2.45, 2.75) is 25.4 Å². The van der Waals surface area contributed by atoms with E-state index in [9.17, 15) is 5.11 Å². The third-order valence-corrected chi connectivity index (χ3v) is 4.59. The number of aliphatic hydroxyl groups excluding tert-OH is 1. The van der Waals surface area contributed by atoms with E-state index in [0.29, 0.717) is 12.6 Å². The van der Waals surface area contributed by atoms with Crippen molar-refractivity contribution in [3.8, 4) is 16.9 Å². The molecule has 3 aromatic rings. The van der Waals surface area contributed by atoms with Crippen LogP contribution in [0.4, 0.5) is 0 Å². The lowest BCUT2D eigenvalue weighted by molar-refractivity contribution is 0.183. The summed E-state index contributed by atoms with van der Waals surface area (Å²) >= 11 is 0. The quantitative estimate of drug-likeness (QED) is 0.722. The molecule has 1 aliphatic rings. The van der Waals surface area contributed by atoms with Crippen molar-refractivity contribution in [1.82, 2.24) is 19.7 Å². The first-order chi connectivity index (χ1) is 12.3. The Kier molecular flexibility index (Phi) is 4.59. The second-order valence-electron chi connectivity index (χ2n) is 6.44. The van der Waals surface area contributed by atoms with Gasteiger partial charge in [0.05, 0.1) is 18.0 Å². The van der Waals surface area contributed by atoms with Gasteiger partial charge in [-0.25, -0.2) is 4.68 Å². The van der Waals surface area contributed by atoms with Gasteiger partial charge in [0.1, 0.15) is 0 Å². The van der Waals surface area contributed by atoms with Crippen LogP contribution in [0.15, 0.2) is 61.1 Å². The van der Waals surface area contributed by atoms with Crippen LogP contribution in [0.1, 0.15) is 18.4 Å². The fraction of sp³-hybridized carbons (Fsp3) is 0.300. The van der Waals surface area contributed by atoms with Crippen LogP contribution >= 0.6 is 0 Å². The molecule has 1 N–H and O–H groups in total. The number of aliphatic hydroxyl groups is 1. The average molecular weight is 334 g/mol. The molecule has 0 bridgehead atoms. The molecule has 4 rings (SSSR count). The van der Waals surface area contributed by atoms with Gasteiger partial charge >= 0.3 is 0 Å². The first kappa shape index (κ1) is 16.0. The van der Waals surface area contributed by atoms with Gasteiger partial charge in [-0.05, 0) is 37.1 Å². The second-order valence-corrected chi connectivity index (χ2v) is 6.44. The fourth-order valence-corrected chi connectivity index (χ4v) is 3.17. The lowest BCUT2D eigenvalue weighted by atomic mass is 10.1. The lowest BCUT2D eigenvalue weighted by Crippen LogP contribution is -2.28. The maximum atomic E-state index is 9.39. The van der Waals surface area contributed by atoms with E-state index in [2.05, 4.69) is 28.2 Å². The number of benzene rings is 1. The smallest absolute Gasteiger partial charge is 0.0973 e. The molecule has 0 radical (unpaired) electrons. The molecule has 128 valence electrons. The molecule has 5 heteroatoms. The van der Waals surface area contributed by atoms with Crippen molar-refractivity contribution in [3.05, 3.63) is 66.6 Å². The highest BCUT2D eigenvalue weighted by molar-refractivity contribution is 5.62. The zero-order valence-electron chi connectivity index (χ0n) is 14.1. The summed E-state index contributed by atoms with van der Waals surface area (Å²) in [6, 6.07) is 14.7. The number of pyridine rings is 1. The predicted octanol–water partition coefficient (Wildman–Crippen LogP) is 2.89. The summed E-state index contributed by atoms with van der Waals surface area (Å²) in [4.78, 5) is 6.47. The van der Waals surface area contributed by atoms with Crippen LogP contribution in [0.5, 0.6) is 0 Å². The zero-order chi connectivity index (χ0) is 17.1. The summed E-state index contributed by atoms with van der Waals surface area (Å²) in [6.45, 7) is 1.70. The lowest BCUT2D eigenvalue weighted by Gasteiger charge is -2.20.